The largest absolute Gasteiger partial charge is 0.0622 e. The molecule has 4 aliphatic rings. The van der Waals surface area contributed by atoms with Crippen molar-refractivity contribution in [3.8, 4) is 89.0 Å². The quantitative estimate of drug-likeness (QED) is 0.165. The highest BCUT2D eigenvalue weighted by molar-refractivity contribution is 6.29. The van der Waals surface area contributed by atoms with Gasteiger partial charge in [-0.25, -0.2) is 0 Å². The summed E-state index contributed by atoms with van der Waals surface area (Å²) in [6.07, 6.45) is 1.94. The summed E-state index contributed by atoms with van der Waals surface area (Å²) in [5.41, 5.74) is 33.5. The van der Waals surface area contributed by atoms with Crippen LogP contribution >= 0.6 is 0 Å². The van der Waals surface area contributed by atoms with Crippen LogP contribution in [0, 0.1) is 0 Å². The average molecular weight is 1030 g/mol. The summed E-state index contributed by atoms with van der Waals surface area (Å²) in [4.78, 5) is 0. The van der Waals surface area contributed by atoms with Gasteiger partial charge in [-0.3, -0.25) is 0 Å². The fourth-order valence-electron chi connectivity index (χ4n) is 15.3. The van der Waals surface area contributed by atoms with E-state index in [1.807, 2.05) is 0 Å². The first-order chi connectivity index (χ1) is 38.2. The third-order valence-electron chi connectivity index (χ3n) is 19.3. The number of fused-ring (bicyclic) bond motifs is 11. The molecule has 0 nitrogen and oxygen atoms in total. The SMILES string of the molecule is CC(C)(C)c1cc(-c2c3c(c(-c4cc(C(C)(C)C)cc(C(C)(C)C)c4)c4c2-c2cccc5cccc-4c25)CC2c4ccc5c6c(ccc(c46)C2C3)-c2c-5c(-c3ccccc3)c3ccccc3c2-c2ccccc2)cc(C(C)(C)C)c1. The molecule has 4 aliphatic carbocycles. The first-order valence-electron chi connectivity index (χ1n) is 29.6. The molecule has 0 radical (unpaired) electrons. The first-order valence-corrected chi connectivity index (χ1v) is 29.6. The summed E-state index contributed by atoms with van der Waals surface area (Å²) in [5.74, 6) is 0.629. The Balaban J connectivity index is 1.05. The molecule has 0 bridgehead atoms. The smallest absolute Gasteiger partial charge is 0.000741 e. The van der Waals surface area contributed by atoms with E-state index in [0.717, 1.165) is 12.8 Å². The van der Waals surface area contributed by atoms with Crippen molar-refractivity contribution in [2.24, 2.45) is 0 Å². The topological polar surface area (TPSA) is 0 Å². The van der Waals surface area contributed by atoms with Crippen LogP contribution in [-0.4, -0.2) is 0 Å². The van der Waals surface area contributed by atoms with E-state index in [2.05, 4.69) is 265 Å². The van der Waals surface area contributed by atoms with Gasteiger partial charge in [-0.2, -0.15) is 0 Å². The van der Waals surface area contributed by atoms with Crippen LogP contribution in [0.25, 0.3) is 121 Å². The minimum Gasteiger partial charge on any atom is -0.0622 e. The molecule has 0 fully saturated rings. The highest BCUT2D eigenvalue weighted by Crippen LogP contribution is 2.66. The molecular weight excluding hydrogens is 961 g/mol. The molecule has 11 aromatic carbocycles. The average Bonchev–Trinajstić information content (AvgIpc) is 2.10. The molecule has 2 unspecified atom stereocenters. The van der Waals surface area contributed by atoms with Crippen LogP contribution < -0.4 is 0 Å². The molecular formula is C80H72. The van der Waals surface area contributed by atoms with E-state index < -0.39 is 0 Å². The first kappa shape index (κ1) is 49.3. The molecule has 80 heavy (non-hydrogen) atoms. The van der Waals surface area contributed by atoms with Crippen molar-refractivity contribution in [3.63, 3.8) is 0 Å². The fourth-order valence-corrected chi connectivity index (χ4v) is 15.3. The van der Waals surface area contributed by atoms with Gasteiger partial charge in [-0.1, -0.05) is 265 Å². The van der Waals surface area contributed by atoms with Gasteiger partial charge in [0.2, 0.25) is 0 Å². The molecule has 0 N–H and O–H groups in total. The zero-order chi connectivity index (χ0) is 55.1. The lowest BCUT2D eigenvalue weighted by Gasteiger charge is -2.36. The molecule has 0 amide bonds. The summed E-state index contributed by atoms with van der Waals surface area (Å²) in [6, 6.07) is 71.5. The van der Waals surface area contributed by atoms with Crippen LogP contribution in [0.5, 0.6) is 0 Å². The summed E-state index contributed by atoms with van der Waals surface area (Å²) in [5, 5.41) is 8.27. The van der Waals surface area contributed by atoms with Gasteiger partial charge in [0, 0.05) is 0 Å². The van der Waals surface area contributed by atoms with Crippen molar-refractivity contribution in [2.75, 3.05) is 0 Å². The Morgan fingerprint density at radius 1 is 0.275 bits per heavy atom. The van der Waals surface area contributed by atoms with Crippen molar-refractivity contribution in [3.05, 3.63) is 226 Å². The number of hydrogen-bond acceptors (Lipinski definition) is 0. The number of rotatable bonds is 4. The summed E-state index contributed by atoms with van der Waals surface area (Å²) < 4.78 is 0. The minimum absolute atomic E-state index is 0.0430. The Kier molecular flexibility index (Phi) is 10.4. The van der Waals surface area contributed by atoms with Gasteiger partial charge < -0.3 is 0 Å². The van der Waals surface area contributed by atoms with Crippen LogP contribution in [0.1, 0.15) is 139 Å². The normalized spacial score (nSPS) is 15.9. The monoisotopic (exact) mass is 1030 g/mol. The molecule has 0 heterocycles. The highest BCUT2D eigenvalue weighted by atomic mass is 14.5. The predicted molar refractivity (Wildman–Crippen MR) is 344 cm³/mol. The summed E-state index contributed by atoms with van der Waals surface area (Å²) >= 11 is 0. The van der Waals surface area contributed by atoms with Gasteiger partial charge >= 0.3 is 0 Å². The Bertz CT molecular complexity index is 4130. The fraction of sp³-hybridized carbons (Fsp3) is 0.250. The zero-order valence-electron chi connectivity index (χ0n) is 48.9. The van der Waals surface area contributed by atoms with Gasteiger partial charge in [-0.05, 0) is 212 Å². The van der Waals surface area contributed by atoms with E-state index in [0.29, 0.717) is 11.8 Å². The van der Waals surface area contributed by atoms with Gasteiger partial charge in [0.05, 0.1) is 0 Å². The van der Waals surface area contributed by atoms with E-state index >= 15 is 0 Å². The van der Waals surface area contributed by atoms with Crippen LogP contribution in [0.4, 0.5) is 0 Å². The second-order valence-corrected chi connectivity index (χ2v) is 28.3. The third-order valence-corrected chi connectivity index (χ3v) is 19.3. The Hall–Kier alpha value is -7.80. The van der Waals surface area contributed by atoms with Gasteiger partial charge in [0.25, 0.3) is 0 Å². The van der Waals surface area contributed by atoms with Crippen molar-refractivity contribution in [1.29, 1.82) is 0 Å². The maximum Gasteiger partial charge on any atom is -0.000741 e. The lowest BCUT2D eigenvalue weighted by Crippen LogP contribution is -2.22. The molecule has 0 spiro atoms. The molecule has 0 saturated heterocycles. The summed E-state index contributed by atoms with van der Waals surface area (Å²) in [6.45, 7) is 28.8. The third kappa shape index (κ3) is 7.13. The Morgan fingerprint density at radius 2 is 0.625 bits per heavy atom. The van der Waals surface area contributed by atoms with Crippen LogP contribution in [0.15, 0.2) is 182 Å². The van der Waals surface area contributed by atoms with Crippen LogP contribution in [0.3, 0.4) is 0 Å². The number of benzene rings is 11. The van der Waals surface area contributed by atoms with Crippen molar-refractivity contribution < 1.29 is 0 Å². The molecule has 15 rings (SSSR count). The second-order valence-electron chi connectivity index (χ2n) is 28.3. The van der Waals surface area contributed by atoms with E-state index in [-0.39, 0.29) is 21.7 Å². The lowest BCUT2D eigenvalue weighted by atomic mass is 9.67. The van der Waals surface area contributed by atoms with Gasteiger partial charge in [0.15, 0.2) is 0 Å². The maximum absolute atomic E-state index is 2.60. The van der Waals surface area contributed by atoms with Crippen molar-refractivity contribution in [1.82, 2.24) is 0 Å². The molecule has 11 aromatic rings. The zero-order valence-corrected chi connectivity index (χ0v) is 48.9. The molecule has 0 heteroatoms. The lowest BCUT2D eigenvalue weighted by molar-refractivity contribution is 0.524. The molecule has 0 aromatic heterocycles. The Morgan fingerprint density at radius 3 is 1.00 bits per heavy atom. The van der Waals surface area contributed by atoms with Gasteiger partial charge in [0.1, 0.15) is 0 Å². The standard InChI is InChI=1S/C80H72/c1-77(2,3)50-37-48(38-51(41-50)78(4,5)6)69-64-43-62-56-33-35-60-72-61(76-68(47-25-17-14-18-26-47)55-30-20-19-29-54(55)67(75(60)76)46-23-15-13-16-24-46)36-34-57(71(56)72)63(62)44-65(64)70(49-39-52(79(7,8)9)42-53(40-49)80(10,11)12)74-59-32-22-28-45-27-21-31-58(66(45)59)73(69)74/h13-42,62-63H,43-44H2,1-12H3. The van der Waals surface area contributed by atoms with Crippen molar-refractivity contribution >= 4 is 32.3 Å². The second kappa shape index (κ2) is 16.9. The minimum atomic E-state index is -0.0430. The maximum atomic E-state index is 2.60. The highest BCUT2D eigenvalue weighted by Gasteiger charge is 2.45. The molecule has 2 atom stereocenters. The van der Waals surface area contributed by atoms with E-state index in [1.165, 1.54) is 155 Å². The van der Waals surface area contributed by atoms with Crippen LogP contribution in [-0.2, 0) is 34.5 Å². The molecule has 0 aliphatic heterocycles. The summed E-state index contributed by atoms with van der Waals surface area (Å²) in [7, 11) is 0. The van der Waals surface area contributed by atoms with Crippen LogP contribution in [0.2, 0.25) is 0 Å². The predicted octanol–water partition coefficient (Wildman–Crippen LogP) is 22.3. The van der Waals surface area contributed by atoms with Crippen molar-refractivity contribution in [2.45, 2.75) is 129 Å². The van der Waals surface area contributed by atoms with E-state index in [1.54, 1.807) is 11.1 Å². The Labute approximate surface area is 474 Å². The molecule has 0 saturated carbocycles. The van der Waals surface area contributed by atoms with E-state index in [9.17, 15) is 0 Å². The number of hydrogen-bond donors (Lipinski definition) is 0. The molecule has 392 valence electrons. The van der Waals surface area contributed by atoms with E-state index in [4.69, 9.17) is 0 Å². The van der Waals surface area contributed by atoms with Gasteiger partial charge in [-0.15, -0.1) is 0 Å².